The lowest BCUT2D eigenvalue weighted by Crippen LogP contribution is -2.57. The maximum atomic E-state index is 12.1. The van der Waals surface area contributed by atoms with Crippen LogP contribution in [-0.2, 0) is 9.59 Å². The molecular formula is C15H19BrO4. The minimum Gasteiger partial charge on any atom is -0.481 e. The molecule has 4 atom stereocenters. The van der Waals surface area contributed by atoms with Crippen molar-refractivity contribution in [1.82, 2.24) is 0 Å². The van der Waals surface area contributed by atoms with Gasteiger partial charge in [0, 0.05) is 4.83 Å². The molecule has 0 bridgehead atoms. The van der Waals surface area contributed by atoms with Gasteiger partial charge in [0.2, 0.25) is 0 Å². The molecule has 3 aliphatic rings. The quantitative estimate of drug-likeness (QED) is 0.608. The Morgan fingerprint density at radius 3 is 2.05 bits per heavy atom. The Kier molecular flexibility index (Phi) is 3.05. The van der Waals surface area contributed by atoms with Gasteiger partial charge < -0.3 is 10.2 Å². The maximum absolute atomic E-state index is 12.1. The van der Waals surface area contributed by atoms with Gasteiger partial charge in [-0.3, -0.25) is 9.59 Å². The summed E-state index contributed by atoms with van der Waals surface area (Å²) in [6, 6.07) is 0. The van der Waals surface area contributed by atoms with Gasteiger partial charge in [-0.2, -0.15) is 0 Å². The van der Waals surface area contributed by atoms with Crippen LogP contribution in [0.5, 0.6) is 0 Å². The van der Waals surface area contributed by atoms with Gasteiger partial charge in [0.15, 0.2) is 0 Å². The van der Waals surface area contributed by atoms with E-state index in [1.54, 1.807) is 12.2 Å². The van der Waals surface area contributed by atoms with E-state index in [1.807, 2.05) is 6.92 Å². The third-order valence-corrected chi connectivity index (χ3v) is 6.74. The minimum atomic E-state index is -1.01. The van der Waals surface area contributed by atoms with Gasteiger partial charge in [-0.05, 0) is 43.4 Å². The number of allylic oxidation sites excluding steroid dienone is 1. The van der Waals surface area contributed by atoms with Crippen LogP contribution in [0.2, 0.25) is 0 Å². The molecule has 0 aromatic heterocycles. The highest BCUT2D eigenvalue weighted by Crippen LogP contribution is 2.65. The van der Waals surface area contributed by atoms with Crippen LogP contribution >= 0.6 is 15.9 Å². The first-order valence-corrected chi connectivity index (χ1v) is 8.10. The SMILES string of the molecule is CC1C(C(=O)O)(C2CC2)C=CC(Br)C1(C(=O)O)C1CC1. The molecule has 2 N–H and O–H groups in total. The van der Waals surface area contributed by atoms with Gasteiger partial charge in [0.05, 0.1) is 10.8 Å². The monoisotopic (exact) mass is 342 g/mol. The highest BCUT2D eigenvalue weighted by atomic mass is 79.9. The van der Waals surface area contributed by atoms with Crippen molar-refractivity contribution >= 4 is 27.9 Å². The van der Waals surface area contributed by atoms with Gasteiger partial charge >= 0.3 is 11.9 Å². The van der Waals surface area contributed by atoms with Crippen LogP contribution in [0.3, 0.4) is 0 Å². The molecule has 0 radical (unpaired) electrons. The summed E-state index contributed by atoms with van der Waals surface area (Å²) in [6.07, 6.45) is 7.07. The van der Waals surface area contributed by atoms with E-state index in [1.165, 1.54) is 0 Å². The summed E-state index contributed by atoms with van der Waals surface area (Å²) in [5.41, 5.74) is -2.00. The normalized spacial score (nSPS) is 44.3. The van der Waals surface area contributed by atoms with Crippen LogP contribution in [0, 0.1) is 28.6 Å². The zero-order valence-corrected chi connectivity index (χ0v) is 13.0. The van der Waals surface area contributed by atoms with E-state index in [4.69, 9.17) is 0 Å². The Hall–Kier alpha value is -0.840. The van der Waals surface area contributed by atoms with Crippen LogP contribution in [0.1, 0.15) is 32.6 Å². The predicted molar refractivity (Wildman–Crippen MR) is 76.6 cm³/mol. The number of aliphatic carboxylic acids is 2. The average molecular weight is 343 g/mol. The van der Waals surface area contributed by atoms with Gasteiger partial charge in [-0.15, -0.1) is 0 Å². The van der Waals surface area contributed by atoms with Gasteiger partial charge in [0.25, 0.3) is 0 Å². The zero-order chi connectivity index (χ0) is 14.7. The number of alkyl halides is 1. The molecule has 0 aliphatic heterocycles. The largest absolute Gasteiger partial charge is 0.481 e. The summed E-state index contributed by atoms with van der Waals surface area (Å²) in [6.45, 7) is 1.83. The summed E-state index contributed by atoms with van der Waals surface area (Å²) in [5, 5.41) is 19.7. The van der Waals surface area contributed by atoms with E-state index in [9.17, 15) is 19.8 Å². The molecule has 0 heterocycles. The lowest BCUT2D eigenvalue weighted by molar-refractivity contribution is -0.166. The molecule has 3 rings (SSSR count). The standard InChI is InChI=1S/C15H19BrO4/c1-8-14(12(17)18,9-2-3-9)7-6-11(16)15(8,13(19)20)10-4-5-10/h6-11H,2-5H2,1H3,(H,17,18)(H,19,20). The molecule has 0 saturated heterocycles. The molecule has 0 spiro atoms. The zero-order valence-electron chi connectivity index (χ0n) is 11.4. The highest BCUT2D eigenvalue weighted by Gasteiger charge is 2.68. The van der Waals surface area contributed by atoms with Crippen molar-refractivity contribution in [3.8, 4) is 0 Å². The van der Waals surface area contributed by atoms with Crippen LogP contribution in [0.15, 0.2) is 12.2 Å². The summed E-state index contributed by atoms with van der Waals surface area (Å²) in [4.78, 5) is 23.8. The van der Waals surface area contributed by atoms with E-state index in [0.29, 0.717) is 0 Å². The first-order chi connectivity index (χ1) is 9.38. The number of hydrogen-bond donors (Lipinski definition) is 2. The van der Waals surface area contributed by atoms with Crippen molar-refractivity contribution in [3.63, 3.8) is 0 Å². The Morgan fingerprint density at radius 1 is 1.10 bits per heavy atom. The number of carbonyl (C=O) groups is 2. The second-order valence-corrected chi connectivity index (χ2v) is 7.49. The second kappa shape index (κ2) is 4.33. The van der Waals surface area contributed by atoms with E-state index in [2.05, 4.69) is 15.9 Å². The Morgan fingerprint density at radius 2 is 1.65 bits per heavy atom. The predicted octanol–water partition coefficient (Wildman–Crippen LogP) is 2.92. The van der Waals surface area contributed by atoms with Crippen molar-refractivity contribution < 1.29 is 19.8 Å². The summed E-state index contributed by atoms with van der Waals surface area (Å²) in [5.74, 6) is -1.95. The minimum absolute atomic E-state index is 0.0850. The van der Waals surface area contributed by atoms with E-state index >= 15 is 0 Å². The maximum Gasteiger partial charge on any atom is 0.314 e. The van der Waals surface area contributed by atoms with E-state index < -0.39 is 28.7 Å². The molecule has 2 saturated carbocycles. The first-order valence-electron chi connectivity index (χ1n) is 7.18. The van der Waals surface area contributed by atoms with Crippen molar-refractivity contribution in [1.29, 1.82) is 0 Å². The highest BCUT2D eigenvalue weighted by molar-refractivity contribution is 9.09. The fraction of sp³-hybridized carbons (Fsp3) is 0.733. The van der Waals surface area contributed by atoms with E-state index in [0.717, 1.165) is 25.7 Å². The third-order valence-electron chi connectivity index (χ3n) is 5.68. The fourth-order valence-electron chi connectivity index (χ4n) is 4.28. The van der Waals surface area contributed by atoms with Crippen LogP contribution in [0.25, 0.3) is 0 Å². The van der Waals surface area contributed by atoms with Gasteiger partial charge in [0.1, 0.15) is 0 Å². The fourth-order valence-corrected chi connectivity index (χ4v) is 5.40. The number of rotatable bonds is 4. The van der Waals surface area contributed by atoms with Crippen molar-refractivity contribution in [2.45, 2.75) is 37.4 Å². The Labute approximate surface area is 126 Å². The molecular weight excluding hydrogens is 324 g/mol. The third kappa shape index (κ3) is 1.59. The molecule has 3 aliphatic carbocycles. The summed E-state index contributed by atoms with van der Waals surface area (Å²) in [7, 11) is 0. The summed E-state index contributed by atoms with van der Waals surface area (Å²) >= 11 is 3.50. The summed E-state index contributed by atoms with van der Waals surface area (Å²) < 4.78 is 0. The molecule has 4 nitrogen and oxygen atoms in total. The smallest absolute Gasteiger partial charge is 0.314 e. The Balaban J connectivity index is 2.14. The molecule has 0 aromatic rings. The molecule has 0 amide bonds. The first kappa shape index (κ1) is 14.1. The number of carboxylic acid groups (broad SMARTS) is 2. The second-order valence-electron chi connectivity index (χ2n) is 6.51. The molecule has 4 unspecified atom stereocenters. The average Bonchev–Trinajstić information content (AvgIpc) is 3.23. The molecule has 0 aromatic carbocycles. The topological polar surface area (TPSA) is 74.6 Å². The number of halogens is 1. The van der Waals surface area contributed by atoms with E-state index in [-0.39, 0.29) is 16.7 Å². The Bertz CT molecular complexity index is 494. The van der Waals surface area contributed by atoms with Crippen LogP contribution in [0.4, 0.5) is 0 Å². The molecule has 2 fully saturated rings. The number of hydrogen-bond acceptors (Lipinski definition) is 2. The number of carboxylic acids is 2. The van der Waals surface area contributed by atoms with Crippen LogP contribution < -0.4 is 0 Å². The van der Waals surface area contributed by atoms with Crippen molar-refractivity contribution in [2.75, 3.05) is 0 Å². The van der Waals surface area contributed by atoms with Gasteiger partial charge in [-0.1, -0.05) is 35.0 Å². The molecule has 110 valence electrons. The lowest BCUT2D eigenvalue weighted by Gasteiger charge is -2.49. The van der Waals surface area contributed by atoms with Crippen molar-refractivity contribution in [3.05, 3.63) is 12.2 Å². The molecule has 5 heteroatoms. The lowest BCUT2D eigenvalue weighted by atomic mass is 9.54. The molecule has 20 heavy (non-hydrogen) atoms. The van der Waals surface area contributed by atoms with Crippen molar-refractivity contribution in [2.24, 2.45) is 28.6 Å². The van der Waals surface area contributed by atoms with Crippen LogP contribution in [-0.4, -0.2) is 27.0 Å². The van der Waals surface area contributed by atoms with Gasteiger partial charge in [-0.25, -0.2) is 0 Å².